The van der Waals surface area contributed by atoms with Crippen molar-refractivity contribution in [3.8, 4) is 18.1 Å². The van der Waals surface area contributed by atoms with E-state index >= 15 is 0 Å². The van der Waals surface area contributed by atoms with Crippen LogP contribution in [0.1, 0.15) is 12.0 Å². The molecule has 8 heteroatoms. The Balaban J connectivity index is 1.84. The maximum atomic E-state index is 12.5. The summed E-state index contributed by atoms with van der Waals surface area (Å²) in [6.45, 7) is -0.440. The zero-order valence-corrected chi connectivity index (χ0v) is 18.0. The highest BCUT2D eigenvalue weighted by Crippen LogP contribution is 2.10. The summed E-state index contributed by atoms with van der Waals surface area (Å²) in [5.41, 5.74) is 1.18. The van der Waals surface area contributed by atoms with Gasteiger partial charge in [-0.2, -0.15) is 11.8 Å². The predicted molar refractivity (Wildman–Crippen MR) is 123 cm³/mol. The Morgan fingerprint density at radius 1 is 1.10 bits per heavy atom. The molecule has 2 rings (SSSR count). The highest BCUT2D eigenvalue weighted by molar-refractivity contribution is 7.98. The van der Waals surface area contributed by atoms with E-state index in [2.05, 4.69) is 21.9 Å². The van der Waals surface area contributed by atoms with Gasteiger partial charge in [0.1, 0.15) is 11.8 Å². The summed E-state index contributed by atoms with van der Waals surface area (Å²) < 4.78 is 5.41. The molecule has 3 amide bonds. The van der Waals surface area contributed by atoms with E-state index in [0.717, 1.165) is 0 Å². The van der Waals surface area contributed by atoms with Crippen LogP contribution in [-0.2, 0) is 14.4 Å². The molecule has 162 valence electrons. The highest BCUT2D eigenvalue weighted by Gasteiger charge is 2.21. The monoisotopic (exact) mass is 439 g/mol. The SMILES string of the molecule is C#Cc1cccc(NC(=O)CNC(=O)[C@H](CCSC)NC(=O)COc2ccccc2)c1. The summed E-state index contributed by atoms with van der Waals surface area (Å²) in [5, 5.41) is 7.90. The van der Waals surface area contributed by atoms with Crippen LogP contribution in [0.3, 0.4) is 0 Å². The van der Waals surface area contributed by atoms with Crippen LogP contribution >= 0.6 is 11.8 Å². The molecule has 0 heterocycles. The van der Waals surface area contributed by atoms with Gasteiger partial charge in [0.25, 0.3) is 5.91 Å². The first-order valence-corrected chi connectivity index (χ1v) is 11.0. The van der Waals surface area contributed by atoms with E-state index in [1.807, 2.05) is 12.3 Å². The molecule has 0 saturated heterocycles. The molecule has 0 bridgehead atoms. The Labute approximate surface area is 186 Å². The molecule has 31 heavy (non-hydrogen) atoms. The number of benzene rings is 2. The molecule has 0 fully saturated rings. The normalized spacial score (nSPS) is 11.0. The van der Waals surface area contributed by atoms with Crippen molar-refractivity contribution in [1.82, 2.24) is 10.6 Å². The number of amides is 3. The van der Waals surface area contributed by atoms with E-state index < -0.39 is 23.8 Å². The minimum Gasteiger partial charge on any atom is -0.484 e. The Morgan fingerprint density at radius 2 is 1.87 bits per heavy atom. The number of thioether (sulfide) groups is 1. The maximum Gasteiger partial charge on any atom is 0.258 e. The van der Waals surface area contributed by atoms with Crippen molar-refractivity contribution in [1.29, 1.82) is 0 Å². The van der Waals surface area contributed by atoms with Crippen LogP contribution in [0.4, 0.5) is 5.69 Å². The summed E-state index contributed by atoms with van der Waals surface area (Å²) in [7, 11) is 0. The van der Waals surface area contributed by atoms with Crippen LogP contribution in [0, 0.1) is 12.3 Å². The van der Waals surface area contributed by atoms with Gasteiger partial charge in [0.15, 0.2) is 6.61 Å². The fraction of sp³-hybridized carbons (Fsp3) is 0.261. The van der Waals surface area contributed by atoms with Crippen LogP contribution in [-0.4, -0.2) is 48.9 Å². The van der Waals surface area contributed by atoms with E-state index in [1.54, 1.807) is 60.3 Å². The van der Waals surface area contributed by atoms with Crippen LogP contribution < -0.4 is 20.7 Å². The molecule has 0 aliphatic carbocycles. The standard InChI is InChI=1S/C23H25N3O4S/c1-3-17-8-7-9-18(14-17)25-21(27)15-24-23(29)20(12-13-31-2)26-22(28)16-30-19-10-5-4-6-11-19/h1,4-11,14,20H,12-13,15-16H2,2H3,(H,24,29)(H,25,27)(H,26,28)/t20-/m0/s1. The first-order chi connectivity index (χ1) is 15.0. The molecule has 0 aliphatic heterocycles. The predicted octanol–water partition coefficient (Wildman–Crippen LogP) is 2.04. The summed E-state index contributed by atoms with van der Waals surface area (Å²) >= 11 is 1.56. The number of carbonyl (C=O) groups is 3. The van der Waals surface area contributed by atoms with Gasteiger partial charge in [-0.15, -0.1) is 6.42 Å². The fourth-order valence-electron chi connectivity index (χ4n) is 2.59. The van der Waals surface area contributed by atoms with Crippen molar-refractivity contribution in [2.24, 2.45) is 0 Å². The molecule has 1 atom stereocenters. The molecule has 0 saturated carbocycles. The van der Waals surface area contributed by atoms with E-state index in [9.17, 15) is 14.4 Å². The van der Waals surface area contributed by atoms with Crippen LogP contribution in [0.5, 0.6) is 5.75 Å². The number of nitrogens with one attached hydrogen (secondary N) is 3. The van der Waals surface area contributed by atoms with E-state index in [-0.39, 0.29) is 13.2 Å². The van der Waals surface area contributed by atoms with Gasteiger partial charge < -0.3 is 20.7 Å². The van der Waals surface area contributed by atoms with Gasteiger partial charge in [0, 0.05) is 11.3 Å². The van der Waals surface area contributed by atoms with Crippen molar-refractivity contribution in [3.05, 3.63) is 60.2 Å². The second kappa shape index (κ2) is 13.0. The van der Waals surface area contributed by atoms with Crippen LogP contribution in [0.2, 0.25) is 0 Å². The lowest BCUT2D eigenvalue weighted by Gasteiger charge is -2.18. The maximum absolute atomic E-state index is 12.5. The summed E-state index contributed by atoms with van der Waals surface area (Å²) in [6.07, 6.45) is 7.69. The van der Waals surface area contributed by atoms with E-state index in [4.69, 9.17) is 11.2 Å². The minimum atomic E-state index is -0.767. The summed E-state index contributed by atoms with van der Waals surface area (Å²) in [4.78, 5) is 36.9. The number of ether oxygens (including phenoxy) is 1. The Bertz CT molecular complexity index is 928. The summed E-state index contributed by atoms with van der Waals surface area (Å²) in [5.74, 6) is 2.47. The lowest BCUT2D eigenvalue weighted by atomic mass is 10.2. The lowest BCUT2D eigenvalue weighted by Crippen LogP contribution is -2.49. The van der Waals surface area contributed by atoms with Gasteiger partial charge in [-0.1, -0.05) is 30.2 Å². The molecule has 2 aromatic rings. The number of hydrogen-bond donors (Lipinski definition) is 3. The van der Waals surface area contributed by atoms with E-state index in [0.29, 0.717) is 29.2 Å². The zero-order chi connectivity index (χ0) is 22.5. The van der Waals surface area contributed by atoms with Crippen molar-refractivity contribution < 1.29 is 19.1 Å². The van der Waals surface area contributed by atoms with Gasteiger partial charge in [-0.25, -0.2) is 0 Å². The molecular weight excluding hydrogens is 414 g/mol. The number of para-hydroxylation sites is 1. The molecule has 0 aromatic heterocycles. The van der Waals surface area contributed by atoms with Gasteiger partial charge in [-0.05, 0) is 48.8 Å². The molecule has 0 spiro atoms. The van der Waals surface area contributed by atoms with Gasteiger partial charge in [0.2, 0.25) is 11.8 Å². The fourth-order valence-corrected chi connectivity index (χ4v) is 3.06. The molecular formula is C23H25N3O4S. The number of anilines is 1. The zero-order valence-electron chi connectivity index (χ0n) is 17.2. The molecule has 0 radical (unpaired) electrons. The second-order valence-electron chi connectivity index (χ2n) is 6.49. The van der Waals surface area contributed by atoms with Gasteiger partial charge in [0.05, 0.1) is 6.54 Å². The van der Waals surface area contributed by atoms with Crippen LogP contribution in [0.15, 0.2) is 54.6 Å². The third kappa shape index (κ3) is 8.84. The summed E-state index contributed by atoms with van der Waals surface area (Å²) in [6, 6.07) is 15.0. The molecule has 3 N–H and O–H groups in total. The lowest BCUT2D eigenvalue weighted by molar-refractivity contribution is -0.130. The number of rotatable bonds is 11. The number of hydrogen-bond acceptors (Lipinski definition) is 5. The van der Waals surface area contributed by atoms with Crippen molar-refractivity contribution in [2.45, 2.75) is 12.5 Å². The first kappa shape index (κ1) is 23.8. The minimum absolute atomic E-state index is 0.209. The van der Waals surface area contributed by atoms with Gasteiger partial charge in [-0.3, -0.25) is 14.4 Å². The third-order valence-corrected chi connectivity index (χ3v) is 4.76. The Kier molecular flexibility index (Phi) is 9.98. The van der Waals surface area contributed by atoms with Gasteiger partial charge >= 0.3 is 0 Å². The highest BCUT2D eigenvalue weighted by atomic mass is 32.2. The third-order valence-electron chi connectivity index (χ3n) is 4.11. The Morgan fingerprint density at radius 3 is 2.58 bits per heavy atom. The average molecular weight is 440 g/mol. The smallest absolute Gasteiger partial charge is 0.258 e. The van der Waals surface area contributed by atoms with Crippen molar-refractivity contribution >= 4 is 35.2 Å². The van der Waals surface area contributed by atoms with Crippen molar-refractivity contribution in [3.63, 3.8) is 0 Å². The molecule has 2 aromatic carbocycles. The Hall–Kier alpha value is -3.44. The average Bonchev–Trinajstić information content (AvgIpc) is 2.79. The van der Waals surface area contributed by atoms with E-state index in [1.165, 1.54) is 0 Å². The number of carbonyl (C=O) groups excluding carboxylic acids is 3. The topological polar surface area (TPSA) is 96.5 Å². The first-order valence-electron chi connectivity index (χ1n) is 9.62. The molecule has 7 nitrogen and oxygen atoms in total. The second-order valence-corrected chi connectivity index (χ2v) is 7.48. The molecule has 0 unspecified atom stereocenters. The van der Waals surface area contributed by atoms with Crippen LogP contribution in [0.25, 0.3) is 0 Å². The largest absolute Gasteiger partial charge is 0.484 e. The quantitative estimate of drug-likeness (QED) is 0.466. The molecule has 0 aliphatic rings. The number of terminal acetylenes is 1. The van der Waals surface area contributed by atoms with Crippen molar-refractivity contribution in [2.75, 3.05) is 30.5 Å².